The van der Waals surface area contributed by atoms with Gasteiger partial charge in [-0.25, -0.2) is 0 Å². The van der Waals surface area contributed by atoms with Gasteiger partial charge in [-0.15, -0.1) is 11.3 Å². The van der Waals surface area contributed by atoms with E-state index in [1.54, 1.807) is 11.3 Å². The first kappa shape index (κ1) is 12.0. The first-order valence-corrected chi connectivity index (χ1v) is 8.23. The van der Waals surface area contributed by atoms with Gasteiger partial charge in [0.1, 0.15) is 0 Å². The Morgan fingerprint density at radius 3 is 3.11 bits per heavy atom. The average molecular weight is 293 g/mol. The molecular formula is C15H17ClN2S. The number of hydrogen-bond donors (Lipinski definition) is 1. The number of hydrogen-bond acceptors (Lipinski definition) is 3. The molecule has 19 heavy (non-hydrogen) atoms. The van der Waals surface area contributed by atoms with Crippen LogP contribution in [0.4, 0.5) is 5.69 Å². The maximum atomic E-state index is 6.28. The molecule has 2 aliphatic heterocycles. The van der Waals surface area contributed by atoms with Crippen LogP contribution < -0.4 is 10.2 Å². The molecule has 1 aromatic heterocycles. The highest BCUT2D eigenvalue weighted by Crippen LogP contribution is 2.38. The molecule has 2 aliphatic rings. The Labute approximate surface area is 122 Å². The molecule has 0 saturated carbocycles. The van der Waals surface area contributed by atoms with Crippen molar-refractivity contribution in [3.63, 3.8) is 0 Å². The Hall–Kier alpha value is -0.770. The highest BCUT2D eigenvalue weighted by atomic mass is 35.5. The van der Waals surface area contributed by atoms with Gasteiger partial charge in [-0.05, 0) is 48.9 Å². The highest BCUT2D eigenvalue weighted by molar-refractivity contribution is 7.18. The van der Waals surface area contributed by atoms with Crippen molar-refractivity contribution in [2.24, 2.45) is 5.92 Å². The van der Waals surface area contributed by atoms with E-state index in [-0.39, 0.29) is 0 Å². The molecule has 2 aromatic rings. The molecule has 2 fully saturated rings. The lowest BCUT2D eigenvalue weighted by Crippen LogP contribution is -2.40. The van der Waals surface area contributed by atoms with E-state index in [4.69, 9.17) is 11.6 Å². The molecular weight excluding hydrogens is 276 g/mol. The third kappa shape index (κ3) is 1.95. The Kier molecular flexibility index (Phi) is 2.94. The van der Waals surface area contributed by atoms with E-state index in [0.717, 1.165) is 17.5 Å². The van der Waals surface area contributed by atoms with Gasteiger partial charge in [-0.2, -0.15) is 0 Å². The number of rotatable bonds is 1. The van der Waals surface area contributed by atoms with E-state index in [1.807, 2.05) is 6.07 Å². The number of nitrogens with zero attached hydrogens (tertiary/aromatic N) is 1. The fourth-order valence-corrected chi connectivity index (χ4v) is 4.65. The summed E-state index contributed by atoms with van der Waals surface area (Å²) in [5.74, 6) is 0.818. The second-order valence-electron chi connectivity index (χ2n) is 5.60. The van der Waals surface area contributed by atoms with E-state index >= 15 is 0 Å². The van der Waals surface area contributed by atoms with Gasteiger partial charge in [0.2, 0.25) is 0 Å². The van der Waals surface area contributed by atoms with Gasteiger partial charge in [-0.1, -0.05) is 11.6 Å². The molecule has 3 heterocycles. The van der Waals surface area contributed by atoms with Gasteiger partial charge in [0.25, 0.3) is 0 Å². The molecule has 4 rings (SSSR count). The summed E-state index contributed by atoms with van der Waals surface area (Å²) in [5, 5.41) is 8.00. The van der Waals surface area contributed by atoms with E-state index in [9.17, 15) is 0 Å². The van der Waals surface area contributed by atoms with Crippen molar-refractivity contribution in [2.45, 2.75) is 18.9 Å². The molecule has 2 atom stereocenters. The van der Waals surface area contributed by atoms with Crippen molar-refractivity contribution in [3.8, 4) is 0 Å². The van der Waals surface area contributed by atoms with Crippen LogP contribution >= 0.6 is 22.9 Å². The van der Waals surface area contributed by atoms with Crippen LogP contribution in [0.5, 0.6) is 0 Å². The summed E-state index contributed by atoms with van der Waals surface area (Å²) in [7, 11) is 0. The summed E-state index contributed by atoms with van der Waals surface area (Å²) in [5.41, 5.74) is 1.36. The summed E-state index contributed by atoms with van der Waals surface area (Å²) in [4.78, 5) is 2.54. The smallest absolute Gasteiger partial charge is 0.0585 e. The number of piperidine rings is 1. The molecule has 4 heteroatoms. The minimum Gasteiger partial charge on any atom is -0.369 e. The summed E-state index contributed by atoms with van der Waals surface area (Å²) in [6, 6.07) is 7.12. The first-order valence-electron chi connectivity index (χ1n) is 6.97. The zero-order valence-electron chi connectivity index (χ0n) is 10.7. The predicted octanol–water partition coefficient (Wildman–Crippen LogP) is 3.74. The number of halogens is 1. The van der Waals surface area contributed by atoms with E-state index in [0.29, 0.717) is 6.04 Å². The van der Waals surface area contributed by atoms with Crippen LogP contribution in [0.25, 0.3) is 10.1 Å². The van der Waals surface area contributed by atoms with Crippen LogP contribution in [0.1, 0.15) is 12.8 Å². The third-order valence-electron chi connectivity index (χ3n) is 4.49. The molecule has 1 aromatic carbocycles. The predicted molar refractivity (Wildman–Crippen MR) is 83.6 cm³/mol. The molecule has 0 radical (unpaired) electrons. The van der Waals surface area contributed by atoms with Crippen molar-refractivity contribution < 1.29 is 0 Å². The molecule has 0 spiro atoms. The van der Waals surface area contributed by atoms with Crippen molar-refractivity contribution in [2.75, 3.05) is 24.5 Å². The summed E-state index contributed by atoms with van der Waals surface area (Å²) >= 11 is 8.02. The average Bonchev–Trinajstić information content (AvgIpc) is 3.05. The lowest BCUT2D eigenvalue weighted by atomic mass is 9.94. The quantitative estimate of drug-likeness (QED) is 0.861. The van der Waals surface area contributed by atoms with Crippen molar-refractivity contribution in [1.29, 1.82) is 0 Å². The molecule has 2 unspecified atom stereocenters. The fourth-order valence-electron chi connectivity index (χ4n) is 3.53. The van der Waals surface area contributed by atoms with Crippen molar-refractivity contribution in [3.05, 3.63) is 28.6 Å². The van der Waals surface area contributed by atoms with E-state index in [2.05, 4.69) is 27.7 Å². The fraction of sp³-hybridized carbons (Fsp3) is 0.467. The highest BCUT2D eigenvalue weighted by Gasteiger charge is 2.34. The van der Waals surface area contributed by atoms with Crippen molar-refractivity contribution >= 4 is 38.7 Å². The van der Waals surface area contributed by atoms with Gasteiger partial charge < -0.3 is 10.2 Å². The van der Waals surface area contributed by atoms with Gasteiger partial charge in [0.05, 0.1) is 9.72 Å². The molecule has 0 bridgehead atoms. The summed E-state index contributed by atoms with van der Waals surface area (Å²) in [6.07, 6.45) is 2.69. The van der Waals surface area contributed by atoms with Crippen LogP contribution in [0.3, 0.4) is 0 Å². The van der Waals surface area contributed by atoms with Gasteiger partial charge in [-0.3, -0.25) is 0 Å². The van der Waals surface area contributed by atoms with Gasteiger partial charge in [0, 0.05) is 30.2 Å². The van der Waals surface area contributed by atoms with Crippen LogP contribution in [0.2, 0.25) is 5.02 Å². The zero-order chi connectivity index (χ0) is 12.8. The Morgan fingerprint density at radius 1 is 1.26 bits per heavy atom. The largest absolute Gasteiger partial charge is 0.369 e. The van der Waals surface area contributed by atoms with Gasteiger partial charge in [0.15, 0.2) is 0 Å². The summed E-state index contributed by atoms with van der Waals surface area (Å²) < 4.78 is 1.22. The number of fused-ring (bicyclic) bond motifs is 2. The third-order valence-corrected chi connectivity index (χ3v) is 5.86. The summed E-state index contributed by atoms with van der Waals surface area (Å²) in [6.45, 7) is 3.50. The molecule has 2 saturated heterocycles. The normalized spacial score (nSPS) is 26.9. The number of nitrogens with one attached hydrogen (secondary N) is 1. The molecule has 0 aliphatic carbocycles. The van der Waals surface area contributed by atoms with Crippen LogP contribution in [0.15, 0.2) is 23.6 Å². The van der Waals surface area contributed by atoms with Crippen molar-refractivity contribution in [1.82, 2.24) is 5.32 Å². The lowest BCUT2D eigenvalue weighted by molar-refractivity contribution is 0.340. The van der Waals surface area contributed by atoms with Crippen LogP contribution in [-0.2, 0) is 0 Å². The monoisotopic (exact) mass is 292 g/mol. The van der Waals surface area contributed by atoms with E-state index < -0.39 is 0 Å². The minimum atomic E-state index is 0.679. The molecule has 100 valence electrons. The Balaban J connectivity index is 1.71. The second kappa shape index (κ2) is 4.65. The first-order chi connectivity index (χ1) is 9.33. The maximum Gasteiger partial charge on any atom is 0.0585 e. The molecule has 2 nitrogen and oxygen atoms in total. The minimum absolute atomic E-state index is 0.679. The topological polar surface area (TPSA) is 15.3 Å². The number of thiophene rings is 1. The van der Waals surface area contributed by atoms with E-state index in [1.165, 1.54) is 41.7 Å². The zero-order valence-corrected chi connectivity index (χ0v) is 12.3. The Morgan fingerprint density at radius 2 is 2.21 bits per heavy atom. The number of benzene rings is 1. The standard InChI is InChI=1S/C15H17ClN2S/c16-12-3-4-14(11-5-7-19-15(11)12)18-8-10-2-1-6-17-13(10)9-18/h3-5,7,10,13,17H,1-2,6,8-9H2. The Bertz CT molecular complexity index is 595. The number of anilines is 1. The molecule has 0 amide bonds. The van der Waals surface area contributed by atoms with Crippen LogP contribution in [0, 0.1) is 5.92 Å². The van der Waals surface area contributed by atoms with Crippen LogP contribution in [-0.4, -0.2) is 25.7 Å². The molecule has 1 N–H and O–H groups in total. The second-order valence-corrected chi connectivity index (χ2v) is 6.92. The van der Waals surface area contributed by atoms with Gasteiger partial charge >= 0.3 is 0 Å². The lowest BCUT2D eigenvalue weighted by Gasteiger charge is -2.24. The SMILES string of the molecule is Clc1ccc(N2CC3CCCNC3C2)c2ccsc12. The maximum absolute atomic E-state index is 6.28.